The fourth-order valence-corrected chi connectivity index (χ4v) is 5.26. The van der Waals surface area contributed by atoms with Crippen LogP contribution in [0.5, 0.6) is 0 Å². The molecule has 0 aliphatic rings. The molecule has 6 nitrogen and oxygen atoms in total. The summed E-state index contributed by atoms with van der Waals surface area (Å²) < 4.78 is 8.11. The van der Waals surface area contributed by atoms with Crippen molar-refractivity contribution < 1.29 is 28.9 Å². The summed E-state index contributed by atoms with van der Waals surface area (Å²) in [6.07, 6.45) is 8.51. The topological polar surface area (TPSA) is 43.4 Å². The standard InChI is InChI=1S/C22H17N4.C16H11N2.Os/c1-23-15-25(21-12-5-3-10-19(21)23)17-8-7-9-18(14-17)26-16-24(2)20-11-4-6-13-22(20)26;1-2-7-13(8-3-1)14-10-6-11-16(18-14)15-9-4-5-12-17-15;/h3-13H,1-2H3;1-7,9-12H;/q2*-1;+4. The van der Waals surface area contributed by atoms with Gasteiger partial charge in [-0.1, -0.05) is 78.1 Å². The van der Waals surface area contributed by atoms with E-state index in [1.165, 1.54) is 0 Å². The van der Waals surface area contributed by atoms with Crippen LogP contribution in [0.15, 0.2) is 134 Å². The first kappa shape index (κ1) is 29.8. The van der Waals surface area contributed by atoms with Crippen LogP contribution in [0.25, 0.3) is 56.1 Å². The molecular formula is C38H28N6Os+2. The Hall–Kier alpha value is -5.24. The van der Waals surface area contributed by atoms with Crippen LogP contribution in [0.1, 0.15) is 0 Å². The van der Waals surface area contributed by atoms with E-state index in [2.05, 4.69) is 71.2 Å². The van der Waals surface area contributed by atoms with Crippen molar-refractivity contribution in [1.82, 2.24) is 19.1 Å². The molecule has 4 aromatic carbocycles. The van der Waals surface area contributed by atoms with Crippen LogP contribution in [0.4, 0.5) is 0 Å². The summed E-state index contributed by atoms with van der Waals surface area (Å²) in [6, 6.07) is 49.0. The molecule has 8 rings (SSSR count). The number of aryl methyl sites for hydroxylation is 2. The number of para-hydroxylation sites is 4. The maximum Gasteiger partial charge on any atom is 4.00 e. The van der Waals surface area contributed by atoms with Gasteiger partial charge in [-0.2, -0.15) is 24.3 Å². The summed E-state index contributed by atoms with van der Waals surface area (Å²) in [5.41, 5.74) is 10.1. The molecular weight excluding hydrogens is 731 g/mol. The Morgan fingerprint density at radius 1 is 0.556 bits per heavy atom. The zero-order valence-electron chi connectivity index (χ0n) is 24.7. The number of rotatable bonds is 4. The Morgan fingerprint density at radius 3 is 1.71 bits per heavy atom. The van der Waals surface area contributed by atoms with Gasteiger partial charge in [0.05, 0.1) is 47.6 Å². The molecule has 4 heterocycles. The molecule has 0 saturated carbocycles. The molecule has 0 aliphatic carbocycles. The van der Waals surface area contributed by atoms with E-state index >= 15 is 0 Å². The summed E-state index contributed by atoms with van der Waals surface area (Å²) >= 11 is 0. The normalized spacial score (nSPS) is 10.7. The molecule has 7 heteroatoms. The number of benzene rings is 4. The summed E-state index contributed by atoms with van der Waals surface area (Å²) in [4.78, 5) is 8.93. The second-order valence-electron chi connectivity index (χ2n) is 10.3. The number of nitrogens with zero attached hydrogens (tertiary/aromatic N) is 6. The van der Waals surface area contributed by atoms with E-state index in [-0.39, 0.29) is 19.8 Å². The Bertz CT molecular complexity index is 2050. The van der Waals surface area contributed by atoms with Gasteiger partial charge in [0.1, 0.15) is 0 Å². The fraction of sp³-hybridized carbons (Fsp3) is 0.0526. The number of pyridine rings is 2. The summed E-state index contributed by atoms with van der Waals surface area (Å²) in [5, 5.41) is 0. The molecule has 45 heavy (non-hydrogen) atoms. The number of imidazole rings is 2. The van der Waals surface area contributed by atoms with Crippen LogP contribution in [-0.2, 0) is 33.9 Å². The minimum absolute atomic E-state index is 0. The van der Waals surface area contributed by atoms with Crippen LogP contribution in [0.3, 0.4) is 0 Å². The van der Waals surface area contributed by atoms with Crippen molar-refractivity contribution in [2.45, 2.75) is 0 Å². The van der Waals surface area contributed by atoms with Crippen molar-refractivity contribution in [2.24, 2.45) is 14.1 Å². The van der Waals surface area contributed by atoms with Gasteiger partial charge in [-0.25, -0.2) is 0 Å². The van der Waals surface area contributed by atoms with E-state index in [1.54, 1.807) is 6.20 Å². The van der Waals surface area contributed by atoms with Gasteiger partial charge in [0.2, 0.25) is 12.7 Å². The van der Waals surface area contributed by atoms with Crippen LogP contribution < -0.4 is 9.13 Å². The van der Waals surface area contributed by atoms with Crippen molar-refractivity contribution >= 4 is 22.1 Å². The van der Waals surface area contributed by atoms with Gasteiger partial charge in [0, 0.05) is 6.20 Å². The van der Waals surface area contributed by atoms with Crippen molar-refractivity contribution in [2.75, 3.05) is 0 Å². The van der Waals surface area contributed by atoms with E-state index in [0.29, 0.717) is 0 Å². The maximum absolute atomic E-state index is 4.62. The maximum atomic E-state index is 4.62. The molecule has 0 radical (unpaired) electrons. The molecule has 0 unspecified atom stereocenters. The van der Waals surface area contributed by atoms with Crippen LogP contribution in [-0.4, -0.2) is 19.1 Å². The zero-order chi connectivity index (χ0) is 29.9. The van der Waals surface area contributed by atoms with Gasteiger partial charge in [-0.3, -0.25) is 9.97 Å². The predicted octanol–water partition coefficient (Wildman–Crippen LogP) is 6.23. The van der Waals surface area contributed by atoms with Gasteiger partial charge in [0.25, 0.3) is 0 Å². The van der Waals surface area contributed by atoms with Crippen molar-refractivity contribution in [3.63, 3.8) is 0 Å². The first-order valence-electron chi connectivity index (χ1n) is 14.3. The quantitative estimate of drug-likeness (QED) is 0.158. The third kappa shape index (κ3) is 6.09. The minimum Gasteiger partial charge on any atom is -0.342 e. The first-order valence-corrected chi connectivity index (χ1v) is 14.3. The number of fused-ring (bicyclic) bond motifs is 2. The largest absolute Gasteiger partial charge is 4.00 e. The number of aromatic nitrogens is 6. The first-order chi connectivity index (χ1) is 21.7. The molecule has 216 valence electrons. The smallest absolute Gasteiger partial charge is 0.342 e. The van der Waals surface area contributed by atoms with Crippen LogP contribution in [0, 0.1) is 24.8 Å². The SMILES string of the molecule is C[n+]1[c-]n(-c2[c-]c(-n3[c-][n+](C)c4ccccc43)ccc2)c2ccccc21.[Os+4].[c-]1ccccc1-c1cccc(-c2ccccn2)n1. The second-order valence-corrected chi connectivity index (χ2v) is 10.3. The van der Waals surface area contributed by atoms with Crippen molar-refractivity contribution in [1.29, 1.82) is 0 Å². The van der Waals surface area contributed by atoms with Crippen molar-refractivity contribution in [3.8, 4) is 34.0 Å². The Morgan fingerprint density at radius 2 is 1.11 bits per heavy atom. The van der Waals surface area contributed by atoms with Crippen LogP contribution >= 0.6 is 0 Å². The molecule has 0 atom stereocenters. The zero-order valence-corrected chi connectivity index (χ0v) is 27.3. The van der Waals surface area contributed by atoms with E-state index < -0.39 is 0 Å². The van der Waals surface area contributed by atoms with Crippen molar-refractivity contribution in [3.05, 3.63) is 158 Å². The van der Waals surface area contributed by atoms with E-state index in [0.717, 1.165) is 56.1 Å². The average Bonchev–Trinajstić information content (AvgIpc) is 3.62. The monoisotopic (exact) mass is 760 g/mol. The van der Waals surface area contributed by atoms with Gasteiger partial charge in [0.15, 0.2) is 0 Å². The minimum atomic E-state index is 0. The third-order valence-electron chi connectivity index (χ3n) is 7.38. The molecule has 0 amide bonds. The molecule has 0 spiro atoms. The number of hydrogen-bond acceptors (Lipinski definition) is 2. The molecule has 4 aromatic heterocycles. The molecule has 0 aliphatic heterocycles. The second kappa shape index (κ2) is 13.2. The number of hydrogen-bond donors (Lipinski definition) is 0. The summed E-state index contributed by atoms with van der Waals surface area (Å²) in [5.74, 6) is 0. The van der Waals surface area contributed by atoms with Gasteiger partial charge in [-0.15, -0.1) is 35.9 Å². The summed E-state index contributed by atoms with van der Waals surface area (Å²) in [7, 11) is 4.02. The Kier molecular flexibility index (Phi) is 8.73. The summed E-state index contributed by atoms with van der Waals surface area (Å²) in [6.45, 7) is 0. The predicted molar refractivity (Wildman–Crippen MR) is 171 cm³/mol. The fourth-order valence-electron chi connectivity index (χ4n) is 5.26. The van der Waals surface area contributed by atoms with Crippen LogP contribution in [0.2, 0.25) is 0 Å². The average molecular weight is 759 g/mol. The van der Waals surface area contributed by atoms with Gasteiger partial charge >= 0.3 is 19.8 Å². The molecule has 0 bridgehead atoms. The Labute approximate surface area is 275 Å². The molecule has 0 saturated heterocycles. The molecule has 8 aromatic rings. The molecule has 0 N–H and O–H groups in total. The molecule has 0 fully saturated rings. The Balaban J connectivity index is 0.000000166. The van der Waals surface area contributed by atoms with Gasteiger partial charge < -0.3 is 18.3 Å². The van der Waals surface area contributed by atoms with E-state index in [1.807, 2.05) is 123 Å². The third-order valence-corrected chi connectivity index (χ3v) is 7.38. The van der Waals surface area contributed by atoms with Gasteiger partial charge in [-0.05, 0) is 23.9 Å². The van der Waals surface area contributed by atoms with E-state index in [9.17, 15) is 0 Å². The van der Waals surface area contributed by atoms with E-state index in [4.69, 9.17) is 0 Å².